The highest BCUT2D eigenvalue weighted by atomic mass is 35.5. The van der Waals surface area contributed by atoms with E-state index in [9.17, 15) is 0 Å². The fourth-order valence-electron chi connectivity index (χ4n) is 2.17. The Bertz CT molecular complexity index is 438. The van der Waals surface area contributed by atoms with Crippen molar-refractivity contribution in [1.82, 2.24) is 9.80 Å². The number of benzene rings is 1. The van der Waals surface area contributed by atoms with Crippen molar-refractivity contribution in [2.24, 2.45) is 0 Å². The van der Waals surface area contributed by atoms with Crippen LogP contribution in [0.1, 0.15) is 0 Å². The van der Waals surface area contributed by atoms with Crippen molar-refractivity contribution in [3.8, 4) is 5.75 Å². The van der Waals surface area contributed by atoms with Gasteiger partial charge in [0.25, 0.3) is 0 Å². The minimum atomic E-state index is 0.475. The lowest BCUT2D eigenvalue weighted by atomic mass is 10.3. The van der Waals surface area contributed by atoms with E-state index in [1.165, 1.54) is 0 Å². The number of rotatable bonds is 7. The molecule has 2 rings (SSSR count). The van der Waals surface area contributed by atoms with Crippen LogP contribution in [-0.4, -0.2) is 69.4 Å². The first kappa shape index (κ1) is 16.8. The molecule has 0 atom stereocenters. The fourth-order valence-corrected chi connectivity index (χ4v) is 2.50. The highest BCUT2D eigenvalue weighted by Crippen LogP contribution is 2.27. The molecular formula is C15H22Cl2N2O2. The Morgan fingerprint density at radius 3 is 2.57 bits per heavy atom. The number of hydrogen-bond acceptors (Lipinski definition) is 4. The average Bonchev–Trinajstić information content (AvgIpc) is 2.48. The molecule has 0 aromatic heterocycles. The highest BCUT2D eigenvalue weighted by Gasteiger charge is 2.12. The molecule has 4 nitrogen and oxygen atoms in total. The maximum absolute atomic E-state index is 6.01. The van der Waals surface area contributed by atoms with E-state index < -0.39 is 0 Å². The van der Waals surface area contributed by atoms with E-state index in [4.69, 9.17) is 32.7 Å². The van der Waals surface area contributed by atoms with Gasteiger partial charge < -0.3 is 14.4 Å². The van der Waals surface area contributed by atoms with Gasteiger partial charge in [0.2, 0.25) is 0 Å². The predicted octanol–water partition coefficient (Wildman–Crippen LogP) is 2.64. The molecule has 0 N–H and O–H groups in total. The van der Waals surface area contributed by atoms with Crippen molar-refractivity contribution >= 4 is 23.2 Å². The predicted molar refractivity (Wildman–Crippen MR) is 86.7 cm³/mol. The van der Waals surface area contributed by atoms with E-state index in [1.54, 1.807) is 18.2 Å². The summed E-state index contributed by atoms with van der Waals surface area (Å²) in [5.41, 5.74) is 0. The van der Waals surface area contributed by atoms with Crippen LogP contribution >= 0.6 is 23.2 Å². The number of piperazine rings is 1. The normalized spacial score (nSPS) is 17.1. The molecule has 1 saturated heterocycles. The molecule has 6 heteroatoms. The lowest BCUT2D eigenvalue weighted by molar-refractivity contribution is 0.0658. The summed E-state index contributed by atoms with van der Waals surface area (Å²) in [6, 6.07) is 5.19. The Morgan fingerprint density at radius 1 is 1.05 bits per heavy atom. The second kappa shape index (κ2) is 8.81. The van der Waals surface area contributed by atoms with Gasteiger partial charge in [-0.05, 0) is 19.2 Å². The van der Waals surface area contributed by atoms with Crippen molar-refractivity contribution in [3.05, 3.63) is 28.2 Å². The largest absolute Gasteiger partial charge is 0.490 e. The van der Waals surface area contributed by atoms with E-state index in [1.807, 2.05) is 0 Å². The minimum Gasteiger partial charge on any atom is -0.490 e. The van der Waals surface area contributed by atoms with Gasteiger partial charge in [-0.15, -0.1) is 0 Å². The van der Waals surface area contributed by atoms with E-state index in [2.05, 4.69) is 16.8 Å². The summed E-state index contributed by atoms with van der Waals surface area (Å²) < 4.78 is 11.2. The first-order valence-electron chi connectivity index (χ1n) is 7.21. The molecule has 0 saturated carbocycles. The zero-order chi connectivity index (χ0) is 15.1. The van der Waals surface area contributed by atoms with E-state index in [0.717, 1.165) is 39.3 Å². The van der Waals surface area contributed by atoms with Gasteiger partial charge in [-0.25, -0.2) is 0 Å². The molecule has 118 valence electrons. The number of nitrogens with zero attached hydrogens (tertiary/aromatic N) is 2. The Hall–Kier alpha value is -0.520. The van der Waals surface area contributed by atoms with Crippen molar-refractivity contribution in [3.63, 3.8) is 0 Å². The first-order chi connectivity index (χ1) is 10.1. The monoisotopic (exact) mass is 332 g/mol. The minimum absolute atomic E-state index is 0.475. The maximum Gasteiger partial charge on any atom is 0.139 e. The SMILES string of the molecule is CN1CCN(CCOCCOc2cc(Cl)ccc2Cl)CC1. The first-order valence-corrected chi connectivity index (χ1v) is 7.97. The third-order valence-corrected chi connectivity index (χ3v) is 4.07. The van der Waals surface area contributed by atoms with Crippen LogP contribution in [0.25, 0.3) is 0 Å². The molecule has 1 aliphatic heterocycles. The van der Waals surface area contributed by atoms with Crippen LogP contribution in [0.2, 0.25) is 10.0 Å². The molecule has 0 aliphatic carbocycles. The summed E-state index contributed by atoms with van der Waals surface area (Å²) in [4.78, 5) is 4.77. The summed E-state index contributed by atoms with van der Waals surface area (Å²) in [6.45, 7) is 7.25. The molecule has 1 aliphatic rings. The van der Waals surface area contributed by atoms with Gasteiger partial charge in [0.05, 0.1) is 18.2 Å². The van der Waals surface area contributed by atoms with E-state index in [-0.39, 0.29) is 0 Å². The zero-order valence-electron chi connectivity index (χ0n) is 12.4. The Kier molecular flexibility index (Phi) is 7.07. The third-order valence-electron chi connectivity index (χ3n) is 3.53. The zero-order valence-corrected chi connectivity index (χ0v) is 13.9. The van der Waals surface area contributed by atoms with Gasteiger partial charge in [0.15, 0.2) is 0 Å². The van der Waals surface area contributed by atoms with Gasteiger partial charge >= 0.3 is 0 Å². The molecule has 1 fully saturated rings. The summed E-state index contributed by atoms with van der Waals surface area (Å²) >= 11 is 11.9. The molecule has 0 bridgehead atoms. The van der Waals surface area contributed by atoms with Crippen LogP contribution in [0.5, 0.6) is 5.75 Å². The molecule has 0 radical (unpaired) electrons. The lowest BCUT2D eigenvalue weighted by Gasteiger charge is -2.32. The van der Waals surface area contributed by atoms with Crippen LogP contribution in [-0.2, 0) is 4.74 Å². The number of hydrogen-bond donors (Lipinski definition) is 0. The second-order valence-electron chi connectivity index (χ2n) is 5.18. The second-order valence-corrected chi connectivity index (χ2v) is 6.02. The summed E-state index contributed by atoms with van der Waals surface area (Å²) in [6.07, 6.45) is 0. The van der Waals surface area contributed by atoms with Crippen LogP contribution in [0, 0.1) is 0 Å². The standard InChI is InChI=1S/C15H22Cl2N2O2/c1-18-4-6-19(7-5-18)8-9-20-10-11-21-15-12-13(16)2-3-14(15)17/h2-3,12H,4-11H2,1H3. The molecule has 0 amide bonds. The third kappa shape index (κ3) is 6.01. The number of ether oxygens (including phenoxy) is 2. The summed E-state index contributed by atoms with van der Waals surface area (Å²) in [5.74, 6) is 0.604. The number of likely N-dealkylation sites (N-methyl/N-ethyl adjacent to an activating group) is 1. The summed E-state index contributed by atoms with van der Waals surface area (Å²) in [5, 5.41) is 1.18. The Morgan fingerprint density at radius 2 is 1.81 bits per heavy atom. The fraction of sp³-hybridized carbons (Fsp3) is 0.600. The van der Waals surface area contributed by atoms with Crippen molar-refractivity contribution in [2.45, 2.75) is 0 Å². The summed E-state index contributed by atoms with van der Waals surface area (Å²) in [7, 11) is 2.16. The van der Waals surface area contributed by atoms with E-state index >= 15 is 0 Å². The average molecular weight is 333 g/mol. The smallest absolute Gasteiger partial charge is 0.139 e. The maximum atomic E-state index is 6.01. The van der Waals surface area contributed by atoms with Crippen molar-refractivity contribution in [2.75, 3.05) is 59.6 Å². The topological polar surface area (TPSA) is 24.9 Å². The van der Waals surface area contributed by atoms with Crippen LogP contribution in [0.15, 0.2) is 18.2 Å². The molecule has 0 spiro atoms. The van der Waals surface area contributed by atoms with Gasteiger partial charge in [0, 0.05) is 43.8 Å². The van der Waals surface area contributed by atoms with Gasteiger partial charge in [-0.2, -0.15) is 0 Å². The number of halogens is 2. The quantitative estimate of drug-likeness (QED) is 0.716. The molecule has 0 unspecified atom stereocenters. The van der Waals surface area contributed by atoms with Crippen molar-refractivity contribution < 1.29 is 9.47 Å². The van der Waals surface area contributed by atoms with Crippen LogP contribution < -0.4 is 4.74 Å². The van der Waals surface area contributed by atoms with Crippen molar-refractivity contribution in [1.29, 1.82) is 0 Å². The Labute approximate surface area is 136 Å². The molecule has 1 aromatic carbocycles. The molecule has 21 heavy (non-hydrogen) atoms. The lowest BCUT2D eigenvalue weighted by Crippen LogP contribution is -2.45. The van der Waals surface area contributed by atoms with Gasteiger partial charge in [0.1, 0.15) is 12.4 Å². The van der Waals surface area contributed by atoms with Gasteiger partial charge in [-0.1, -0.05) is 23.2 Å². The van der Waals surface area contributed by atoms with Gasteiger partial charge in [-0.3, -0.25) is 4.90 Å². The van der Waals surface area contributed by atoms with Crippen LogP contribution in [0.3, 0.4) is 0 Å². The van der Waals surface area contributed by atoms with Crippen LogP contribution in [0.4, 0.5) is 0 Å². The molecule has 1 aromatic rings. The van der Waals surface area contributed by atoms with E-state index in [0.29, 0.717) is 29.0 Å². The highest BCUT2D eigenvalue weighted by molar-refractivity contribution is 6.34. The molecular weight excluding hydrogens is 311 g/mol. The Balaban J connectivity index is 1.55. The molecule has 1 heterocycles.